The highest BCUT2D eigenvalue weighted by Gasteiger charge is 2.46. The van der Waals surface area contributed by atoms with E-state index >= 15 is 0 Å². The van der Waals surface area contributed by atoms with Crippen molar-refractivity contribution < 1.29 is 57.7 Å². The van der Waals surface area contributed by atoms with Crippen molar-refractivity contribution in [1.29, 1.82) is 0 Å². The zero-order valence-corrected chi connectivity index (χ0v) is 34.3. The number of likely N-dealkylation sites (tertiary alicyclic amines) is 1. The summed E-state index contributed by atoms with van der Waals surface area (Å²) in [6.45, 7) is 4.35. The van der Waals surface area contributed by atoms with Crippen molar-refractivity contribution in [2.24, 2.45) is 35.3 Å². The normalized spacial score (nSPS) is 23.0. The third kappa shape index (κ3) is 15.0. The lowest BCUT2D eigenvalue weighted by Gasteiger charge is -2.35. The molecule has 3 unspecified atom stereocenters. The largest absolute Gasteiger partial charge is 0.481 e. The summed E-state index contributed by atoms with van der Waals surface area (Å²) in [5.41, 5.74) is 5.42. The number of carboxylic acids is 1. The molecule has 15 heteroatoms. The Morgan fingerprint density at radius 1 is 0.825 bits per heavy atom. The number of carbonyl (C=O) groups excluding carboxylic acids is 7. The summed E-state index contributed by atoms with van der Waals surface area (Å²) in [7, 11) is 1.54. The van der Waals surface area contributed by atoms with Crippen molar-refractivity contribution in [2.75, 3.05) is 33.7 Å². The maximum atomic E-state index is 14.7. The number of amides is 3. The number of Topliss-reactive ketones (excluding diaryl/α,β-unsaturated/α-hetero) is 4. The Morgan fingerprint density at radius 3 is 2.14 bits per heavy atom. The standard InChI is InChI=1S/C42H67N3O12/c1-4-6-17-33(40(43)51)44-38(49)19-18-35(46)39(50)28(12-5-2)22-37(48)34-23-29(57-26-56-21-20-55-3)25-45(34)41(52)32(27-13-8-7-9-14-27)24-36(47)30-15-10-11-16-31(30)42(53)54/h27-34H,4-26H2,1-3H3,(H2,43,51)(H,44,49)(H,53,54)/t28?,29-,30-,31+,32?,33?,34+/m1/s1. The van der Waals surface area contributed by atoms with E-state index in [1.165, 1.54) is 4.90 Å². The van der Waals surface area contributed by atoms with E-state index in [0.717, 1.165) is 51.4 Å². The van der Waals surface area contributed by atoms with Crippen LogP contribution in [-0.4, -0.2) is 109 Å². The van der Waals surface area contributed by atoms with Gasteiger partial charge in [0.1, 0.15) is 18.6 Å². The van der Waals surface area contributed by atoms with Gasteiger partial charge in [-0.05, 0) is 44.4 Å². The minimum atomic E-state index is -0.997. The highest BCUT2D eigenvalue weighted by atomic mass is 16.7. The molecule has 0 aromatic rings. The van der Waals surface area contributed by atoms with Gasteiger partial charge < -0.3 is 35.3 Å². The molecule has 1 saturated heterocycles. The number of unbranched alkanes of at least 4 members (excludes halogenated alkanes) is 1. The summed E-state index contributed by atoms with van der Waals surface area (Å²) < 4.78 is 16.5. The van der Waals surface area contributed by atoms with Crippen LogP contribution in [-0.2, 0) is 52.6 Å². The smallest absolute Gasteiger partial charge is 0.307 e. The minimum absolute atomic E-state index is 0.0620. The molecule has 1 heterocycles. The van der Waals surface area contributed by atoms with Crippen LogP contribution in [0.5, 0.6) is 0 Å². The Balaban J connectivity index is 1.80. The summed E-state index contributed by atoms with van der Waals surface area (Å²) in [6.07, 6.45) is 7.68. The van der Waals surface area contributed by atoms with Crippen LogP contribution < -0.4 is 11.1 Å². The van der Waals surface area contributed by atoms with Crippen LogP contribution in [0.25, 0.3) is 0 Å². The molecule has 3 amide bonds. The lowest BCUT2D eigenvalue weighted by molar-refractivity contribution is -0.150. The van der Waals surface area contributed by atoms with Gasteiger partial charge in [-0.25, -0.2) is 0 Å². The maximum absolute atomic E-state index is 14.7. The fraction of sp³-hybridized carbons (Fsp3) is 0.810. The van der Waals surface area contributed by atoms with Gasteiger partial charge in [0, 0.05) is 63.5 Å². The Labute approximate surface area is 337 Å². The number of aliphatic carboxylic acids is 1. The Hall–Kier alpha value is -3.56. The molecule has 322 valence electrons. The van der Waals surface area contributed by atoms with Gasteiger partial charge in [-0.2, -0.15) is 0 Å². The second kappa shape index (κ2) is 25.0. The average Bonchev–Trinajstić information content (AvgIpc) is 3.64. The van der Waals surface area contributed by atoms with Gasteiger partial charge in [-0.3, -0.25) is 38.4 Å². The molecule has 0 radical (unpaired) electrons. The van der Waals surface area contributed by atoms with E-state index < -0.39 is 83.4 Å². The van der Waals surface area contributed by atoms with Crippen molar-refractivity contribution in [3.8, 4) is 0 Å². The minimum Gasteiger partial charge on any atom is -0.481 e. The number of primary amides is 1. The summed E-state index contributed by atoms with van der Waals surface area (Å²) >= 11 is 0. The number of carboxylic acid groups (broad SMARTS) is 1. The molecule has 3 aliphatic rings. The lowest BCUT2D eigenvalue weighted by Crippen LogP contribution is -2.47. The van der Waals surface area contributed by atoms with E-state index in [4.69, 9.17) is 19.9 Å². The van der Waals surface area contributed by atoms with E-state index in [0.29, 0.717) is 38.7 Å². The van der Waals surface area contributed by atoms with Crippen molar-refractivity contribution in [3.63, 3.8) is 0 Å². The molecular weight excluding hydrogens is 738 g/mol. The predicted molar refractivity (Wildman–Crippen MR) is 208 cm³/mol. The molecule has 3 rings (SSSR count). The third-order valence-corrected chi connectivity index (χ3v) is 12.0. The first-order valence-electron chi connectivity index (χ1n) is 21.2. The highest BCUT2D eigenvalue weighted by Crippen LogP contribution is 2.39. The first kappa shape index (κ1) is 47.8. The van der Waals surface area contributed by atoms with Gasteiger partial charge in [0.05, 0.1) is 31.3 Å². The number of nitrogens with two attached hydrogens (primary N) is 1. The summed E-state index contributed by atoms with van der Waals surface area (Å²) in [5.74, 6) is -8.06. The number of methoxy groups -OCH3 is 1. The molecule has 1 aliphatic heterocycles. The van der Waals surface area contributed by atoms with Crippen LogP contribution in [0.1, 0.15) is 136 Å². The van der Waals surface area contributed by atoms with Gasteiger partial charge in [0.2, 0.25) is 23.5 Å². The molecule has 4 N–H and O–H groups in total. The van der Waals surface area contributed by atoms with Crippen LogP contribution in [0.15, 0.2) is 0 Å². The van der Waals surface area contributed by atoms with E-state index in [-0.39, 0.29) is 69.7 Å². The molecule has 3 fully saturated rings. The molecule has 0 aromatic heterocycles. The van der Waals surface area contributed by atoms with Gasteiger partial charge in [-0.1, -0.05) is 65.2 Å². The van der Waals surface area contributed by atoms with Crippen LogP contribution in [0, 0.1) is 29.6 Å². The second-order valence-corrected chi connectivity index (χ2v) is 16.2. The van der Waals surface area contributed by atoms with Crippen LogP contribution >= 0.6 is 0 Å². The SMILES string of the molecule is CCCCC(NC(=O)CCC(=O)C(=O)C(CCC)CC(=O)[C@@H]1C[C@@H](OCOCCOC)CN1C(=O)C(CC(=O)[C@@H]1CCCC[C@@H]1C(=O)O)C1CCCCC1)C(N)=O. The Kier molecular flexibility index (Phi) is 21.0. The number of carbonyl (C=O) groups is 8. The fourth-order valence-electron chi connectivity index (χ4n) is 8.79. The average molecular weight is 806 g/mol. The summed E-state index contributed by atoms with van der Waals surface area (Å²) in [6, 6.07) is -1.86. The number of ether oxygens (including phenoxy) is 3. The summed E-state index contributed by atoms with van der Waals surface area (Å²) in [4.78, 5) is 107. The molecule has 0 spiro atoms. The number of hydrogen-bond donors (Lipinski definition) is 3. The molecule has 2 saturated carbocycles. The van der Waals surface area contributed by atoms with E-state index in [1.54, 1.807) is 7.11 Å². The molecule has 2 aliphatic carbocycles. The maximum Gasteiger partial charge on any atom is 0.307 e. The monoisotopic (exact) mass is 805 g/mol. The quantitative estimate of drug-likeness (QED) is 0.0606. The van der Waals surface area contributed by atoms with E-state index in [2.05, 4.69) is 5.32 Å². The molecule has 15 nitrogen and oxygen atoms in total. The fourth-order valence-corrected chi connectivity index (χ4v) is 8.79. The van der Waals surface area contributed by atoms with Gasteiger partial charge in [0.25, 0.3) is 0 Å². The van der Waals surface area contributed by atoms with Gasteiger partial charge in [0.15, 0.2) is 11.6 Å². The first-order chi connectivity index (χ1) is 27.3. The Morgan fingerprint density at radius 2 is 1.51 bits per heavy atom. The van der Waals surface area contributed by atoms with Crippen LogP contribution in [0.3, 0.4) is 0 Å². The third-order valence-electron chi connectivity index (χ3n) is 12.0. The molecule has 0 bridgehead atoms. The topological polar surface area (TPSA) is 226 Å². The Bertz CT molecular complexity index is 1380. The number of rotatable bonds is 27. The van der Waals surface area contributed by atoms with Crippen LogP contribution in [0.2, 0.25) is 0 Å². The van der Waals surface area contributed by atoms with Gasteiger partial charge >= 0.3 is 5.97 Å². The van der Waals surface area contributed by atoms with Crippen molar-refractivity contribution in [1.82, 2.24) is 10.2 Å². The molecule has 57 heavy (non-hydrogen) atoms. The van der Waals surface area contributed by atoms with Crippen molar-refractivity contribution in [3.05, 3.63) is 0 Å². The molecule has 7 atom stereocenters. The highest BCUT2D eigenvalue weighted by molar-refractivity contribution is 6.38. The zero-order chi connectivity index (χ0) is 41.9. The second-order valence-electron chi connectivity index (χ2n) is 16.2. The summed E-state index contributed by atoms with van der Waals surface area (Å²) in [5, 5.41) is 12.4. The number of ketones is 4. The molecular formula is C42H67N3O12. The number of nitrogens with zero attached hydrogens (tertiary/aromatic N) is 1. The van der Waals surface area contributed by atoms with Crippen molar-refractivity contribution >= 4 is 46.8 Å². The molecule has 0 aromatic carbocycles. The van der Waals surface area contributed by atoms with E-state index in [1.807, 2.05) is 13.8 Å². The van der Waals surface area contributed by atoms with Crippen molar-refractivity contribution in [2.45, 2.75) is 154 Å². The lowest BCUT2D eigenvalue weighted by atomic mass is 9.71. The predicted octanol–water partition coefficient (Wildman–Crippen LogP) is 4.09. The van der Waals surface area contributed by atoms with E-state index in [9.17, 15) is 43.5 Å². The zero-order valence-electron chi connectivity index (χ0n) is 34.3. The number of hydrogen-bond acceptors (Lipinski definition) is 11. The van der Waals surface area contributed by atoms with Crippen LogP contribution in [0.4, 0.5) is 0 Å². The number of nitrogens with one attached hydrogen (secondary N) is 1. The first-order valence-corrected chi connectivity index (χ1v) is 21.2. The van der Waals surface area contributed by atoms with Gasteiger partial charge in [-0.15, -0.1) is 0 Å².